The van der Waals surface area contributed by atoms with E-state index >= 15 is 0 Å². The quantitative estimate of drug-likeness (QED) is 0.502. The van der Waals surface area contributed by atoms with Crippen LogP contribution in [0.15, 0.2) is 0 Å². The molecule has 0 bridgehead atoms. The fourth-order valence-corrected chi connectivity index (χ4v) is 0.250. The molecule has 0 atom stereocenters. The molecule has 0 heterocycles. The van der Waals surface area contributed by atoms with E-state index in [1.54, 1.807) is 0 Å². The summed E-state index contributed by atoms with van der Waals surface area (Å²) < 4.78 is 0. The van der Waals surface area contributed by atoms with Crippen molar-refractivity contribution in [3.8, 4) is 0 Å². The molecule has 0 amide bonds. The van der Waals surface area contributed by atoms with E-state index in [0.717, 1.165) is 12.8 Å². The lowest BCUT2D eigenvalue weighted by molar-refractivity contribution is 0.558. The van der Waals surface area contributed by atoms with E-state index in [4.69, 9.17) is 13.6 Å². The number of rotatable bonds is 2. The van der Waals surface area contributed by atoms with Gasteiger partial charge in [0.2, 0.25) is 0 Å². The molecule has 0 aromatic rings. The smallest absolute Gasteiger partial charge is 0.0950 e. The Morgan fingerprint density at radius 2 is 1.71 bits per heavy atom. The summed E-state index contributed by atoms with van der Waals surface area (Å²) in [6.45, 7) is 3.98. The van der Waals surface area contributed by atoms with Gasteiger partial charge in [0.15, 0.2) is 0 Å². The standard InChI is InChI=1S/C5H12BN/c1-3-5(6,7)4-2/h3-4,7H2,1-2H3. The first-order valence-electron chi connectivity index (χ1n) is 2.70. The molecule has 2 radical (unpaired) electrons. The molecule has 7 heavy (non-hydrogen) atoms. The summed E-state index contributed by atoms with van der Waals surface area (Å²) in [4.78, 5) is 0. The molecule has 0 unspecified atom stereocenters. The van der Waals surface area contributed by atoms with E-state index in [9.17, 15) is 0 Å². The van der Waals surface area contributed by atoms with Crippen molar-refractivity contribution in [3.63, 3.8) is 0 Å². The minimum absolute atomic E-state index is 0.417. The van der Waals surface area contributed by atoms with Crippen molar-refractivity contribution in [1.29, 1.82) is 0 Å². The van der Waals surface area contributed by atoms with Crippen molar-refractivity contribution >= 4 is 7.85 Å². The minimum atomic E-state index is -0.417. The lowest BCUT2D eigenvalue weighted by Crippen LogP contribution is -2.38. The molecule has 0 saturated carbocycles. The van der Waals surface area contributed by atoms with Gasteiger partial charge in [-0.15, -0.1) is 0 Å². The molecular weight excluding hydrogens is 84.9 g/mol. The molecule has 0 aromatic carbocycles. The summed E-state index contributed by atoms with van der Waals surface area (Å²) in [6, 6.07) is 0. The zero-order valence-corrected chi connectivity index (χ0v) is 5.07. The largest absolute Gasteiger partial charge is 0.333 e. The predicted octanol–water partition coefficient (Wildman–Crippen LogP) is 0.630. The van der Waals surface area contributed by atoms with Crippen LogP contribution in [-0.2, 0) is 0 Å². The van der Waals surface area contributed by atoms with Gasteiger partial charge in [0.25, 0.3) is 0 Å². The monoisotopic (exact) mass is 97.1 g/mol. The van der Waals surface area contributed by atoms with E-state index in [2.05, 4.69) is 0 Å². The Bertz CT molecular complexity index is 46.0. The summed E-state index contributed by atoms with van der Waals surface area (Å²) in [6.07, 6.45) is 1.70. The second kappa shape index (κ2) is 2.36. The van der Waals surface area contributed by atoms with Crippen LogP contribution in [0.25, 0.3) is 0 Å². The first-order chi connectivity index (χ1) is 3.12. The second-order valence-corrected chi connectivity index (χ2v) is 1.94. The average molecular weight is 97.0 g/mol. The van der Waals surface area contributed by atoms with E-state index < -0.39 is 5.44 Å². The van der Waals surface area contributed by atoms with Crippen LogP contribution in [0.4, 0.5) is 0 Å². The normalized spacial score (nSPS) is 11.9. The highest BCUT2D eigenvalue weighted by Gasteiger charge is 2.09. The Kier molecular flexibility index (Phi) is 2.37. The van der Waals surface area contributed by atoms with Gasteiger partial charge < -0.3 is 5.73 Å². The highest BCUT2D eigenvalue weighted by molar-refractivity contribution is 6.15. The summed E-state index contributed by atoms with van der Waals surface area (Å²) in [5.74, 6) is 0. The van der Waals surface area contributed by atoms with Crippen LogP contribution < -0.4 is 5.73 Å². The SMILES string of the molecule is [B]C(N)(CC)CC. The maximum atomic E-state index is 5.49. The van der Waals surface area contributed by atoms with Gasteiger partial charge in [-0.05, 0) is 18.3 Å². The van der Waals surface area contributed by atoms with Gasteiger partial charge in [0.1, 0.15) is 0 Å². The summed E-state index contributed by atoms with van der Waals surface area (Å²) in [5.41, 5.74) is 5.08. The van der Waals surface area contributed by atoms with Gasteiger partial charge in [0.05, 0.1) is 7.85 Å². The fourth-order valence-electron chi connectivity index (χ4n) is 0.250. The highest BCUT2D eigenvalue weighted by atomic mass is 14.7. The molecule has 2 N–H and O–H groups in total. The molecule has 0 spiro atoms. The molecule has 0 saturated heterocycles. The van der Waals surface area contributed by atoms with Gasteiger partial charge in [-0.1, -0.05) is 13.8 Å². The van der Waals surface area contributed by atoms with Crippen LogP contribution in [0.2, 0.25) is 0 Å². The lowest BCUT2D eigenvalue weighted by Gasteiger charge is -2.19. The maximum Gasteiger partial charge on any atom is 0.0950 e. The van der Waals surface area contributed by atoms with Gasteiger partial charge in [-0.25, -0.2) is 0 Å². The zero-order valence-electron chi connectivity index (χ0n) is 5.07. The van der Waals surface area contributed by atoms with E-state index in [1.807, 2.05) is 13.8 Å². The number of nitrogens with two attached hydrogens (primary N) is 1. The Balaban J connectivity index is 3.36. The highest BCUT2D eigenvalue weighted by Crippen LogP contribution is 2.03. The van der Waals surface area contributed by atoms with Gasteiger partial charge in [0, 0.05) is 0 Å². The molecule has 0 aromatic heterocycles. The molecule has 0 aliphatic heterocycles. The van der Waals surface area contributed by atoms with E-state index in [-0.39, 0.29) is 0 Å². The summed E-state index contributed by atoms with van der Waals surface area (Å²) >= 11 is 0. The van der Waals surface area contributed by atoms with Gasteiger partial charge >= 0.3 is 0 Å². The zero-order chi connectivity index (χ0) is 5.91. The summed E-state index contributed by atoms with van der Waals surface area (Å²) in [5, 5.41) is 0. The third-order valence-electron chi connectivity index (χ3n) is 1.32. The van der Waals surface area contributed by atoms with Gasteiger partial charge in [-0.3, -0.25) is 0 Å². The molecule has 0 aliphatic carbocycles. The molecule has 0 rings (SSSR count). The van der Waals surface area contributed by atoms with Crippen molar-refractivity contribution < 1.29 is 0 Å². The summed E-state index contributed by atoms with van der Waals surface area (Å²) in [7, 11) is 5.49. The van der Waals surface area contributed by atoms with Crippen LogP contribution in [0.3, 0.4) is 0 Å². The fraction of sp³-hybridized carbons (Fsp3) is 1.00. The molecule has 40 valence electrons. The number of hydrogen-bond acceptors (Lipinski definition) is 1. The van der Waals surface area contributed by atoms with Crippen LogP contribution in [0, 0.1) is 0 Å². The minimum Gasteiger partial charge on any atom is -0.333 e. The van der Waals surface area contributed by atoms with Gasteiger partial charge in [-0.2, -0.15) is 0 Å². The Morgan fingerprint density at radius 1 is 1.43 bits per heavy atom. The van der Waals surface area contributed by atoms with Crippen molar-refractivity contribution in [2.75, 3.05) is 0 Å². The van der Waals surface area contributed by atoms with Crippen LogP contribution in [0.5, 0.6) is 0 Å². The van der Waals surface area contributed by atoms with Crippen molar-refractivity contribution in [3.05, 3.63) is 0 Å². The van der Waals surface area contributed by atoms with E-state index in [1.165, 1.54) is 0 Å². The first-order valence-corrected chi connectivity index (χ1v) is 2.70. The third-order valence-corrected chi connectivity index (χ3v) is 1.32. The number of hydrogen-bond donors (Lipinski definition) is 1. The van der Waals surface area contributed by atoms with Crippen molar-refractivity contribution in [2.24, 2.45) is 5.73 Å². The topological polar surface area (TPSA) is 26.0 Å². The molecule has 1 nitrogen and oxygen atoms in total. The van der Waals surface area contributed by atoms with Crippen molar-refractivity contribution in [1.82, 2.24) is 0 Å². The Morgan fingerprint density at radius 3 is 1.71 bits per heavy atom. The maximum absolute atomic E-state index is 5.49. The molecule has 0 aliphatic rings. The first kappa shape index (κ1) is 7.02. The van der Waals surface area contributed by atoms with Crippen molar-refractivity contribution in [2.45, 2.75) is 32.1 Å². The molecular formula is C5H12BN. The lowest BCUT2D eigenvalue weighted by atomic mass is 9.75. The van der Waals surface area contributed by atoms with E-state index in [0.29, 0.717) is 0 Å². The third kappa shape index (κ3) is 2.69. The van der Waals surface area contributed by atoms with Crippen LogP contribution in [-0.4, -0.2) is 13.3 Å². The van der Waals surface area contributed by atoms with Crippen LogP contribution in [0.1, 0.15) is 26.7 Å². The predicted molar refractivity (Wildman–Crippen MR) is 33.3 cm³/mol. The average Bonchev–Trinajstić information content (AvgIpc) is 1.68. The second-order valence-electron chi connectivity index (χ2n) is 1.94. The molecule has 2 heteroatoms. The molecule has 0 fully saturated rings. The van der Waals surface area contributed by atoms with Crippen LogP contribution >= 0.6 is 0 Å². The Hall–Kier alpha value is 0.0249. The Labute approximate surface area is 46.7 Å².